The highest BCUT2D eigenvalue weighted by Gasteiger charge is 2.05. The van der Waals surface area contributed by atoms with Crippen molar-refractivity contribution < 1.29 is 9.18 Å². The van der Waals surface area contributed by atoms with Crippen LogP contribution in [0, 0.1) is 5.82 Å². The zero-order valence-corrected chi connectivity index (χ0v) is 12.7. The Kier molecular flexibility index (Phi) is 4.62. The number of carbonyl (C=O) groups excluding carboxylic acids is 1. The summed E-state index contributed by atoms with van der Waals surface area (Å²) in [6.07, 6.45) is 1.49. The zero-order chi connectivity index (χ0) is 16.1. The molecule has 3 aromatic rings. The molecule has 1 aromatic heterocycles. The number of thioether (sulfide) groups is 1. The standard InChI is InChI=1S/C15H12FN5OS/c16-11-1-7-14(8-2-11)23-9-15(22)18-12-3-5-13(6-4-12)21-10-17-19-20-21/h1-8,10H,9H2,(H,18,22). The van der Waals surface area contributed by atoms with Gasteiger partial charge in [0.15, 0.2) is 0 Å². The molecular formula is C15H12FN5OS. The highest BCUT2D eigenvalue weighted by molar-refractivity contribution is 8.00. The molecule has 23 heavy (non-hydrogen) atoms. The Labute approximate surface area is 135 Å². The van der Waals surface area contributed by atoms with E-state index in [0.717, 1.165) is 10.6 Å². The molecule has 0 spiro atoms. The van der Waals surface area contributed by atoms with Crippen molar-refractivity contribution in [3.8, 4) is 5.69 Å². The van der Waals surface area contributed by atoms with E-state index in [1.165, 1.54) is 34.9 Å². The van der Waals surface area contributed by atoms with Crippen LogP contribution in [-0.2, 0) is 4.79 Å². The van der Waals surface area contributed by atoms with Gasteiger partial charge in [-0.3, -0.25) is 4.79 Å². The average Bonchev–Trinajstić information content (AvgIpc) is 3.09. The molecule has 116 valence electrons. The molecule has 0 aliphatic carbocycles. The number of hydrogen-bond donors (Lipinski definition) is 1. The van der Waals surface area contributed by atoms with Crippen molar-refractivity contribution in [2.45, 2.75) is 4.90 Å². The summed E-state index contributed by atoms with van der Waals surface area (Å²) in [5.74, 6) is -0.170. The van der Waals surface area contributed by atoms with E-state index in [0.29, 0.717) is 5.69 Å². The van der Waals surface area contributed by atoms with Crippen molar-refractivity contribution in [3.63, 3.8) is 0 Å². The fraction of sp³-hybridized carbons (Fsp3) is 0.0667. The summed E-state index contributed by atoms with van der Waals surface area (Å²) in [4.78, 5) is 12.8. The van der Waals surface area contributed by atoms with Gasteiger partial charge in [0.25, 0.3) is 0 Å². The largest absolute Gasteiger partial charge is 0.325 e. The maximum absolute atomic E-state index is 12.8. The number of halogens is 1. The number of nitrogens with zero attached hydrogens (tertiary/aromatic N) is 4. The Morgan fingerprint density at radius 1 is 1.13 bits per heavy atom. The summed E-state index contributed by atoms with van der Waals surface area (Å²) in [6, 6.07) is 13.2. The molecule has 0 aliphatic heterocycles. The second-order valence-electron chi connectivity index (χ2n) is 4.59. The quantitative estimate of drug-likeness (QED) is 0.728. The fourth-order valence-corrected chi connectivity index (χ4v) is 2.55. The number of anilines is 1. The van der Waals surface area contributed by atoms with Crippen molar-refractivity contribution in [3.05, 3.63) is 60.7 Å². The number of hydrogen-bond acceptors (Lipinski definition) is 5. The number of tetrazole rings is 1. The van der Waals surface area contributed by atoms with Gasteiger partial charge < -0.3 is 5.32 Å². The molecule has 0 saturated carbocycles. The molecule has 0 atom stereocenters. The molecule has 0 bridgehead atoms. The molecule has 1 N–H and O–H groups in total. The molecule has 0 fully saturated rings. The lowest BCUT2D eigenvalue weighted by Gasteiger charge is -2.06. The van der Waals surface area contributed by atoms with Crippen molar-refractivity contribution in [2.75, 3.05) is 11.1 Å². The van der Waals surface area contributed by atoms with Gasteiger partial charge in [-0.05, 0) is 59.0 Å². The average molecular weight is 329 g/mol. The zero-order valence-electron chi connectivity index (χ0n) is 11.9. The summed E-state index contributed by atoms with van der Waals surface area (Å²) in [7, 11) is 0. The van der Waals surface area contributed by atoms with E-state index in [4.69, 9.17) is 0 Å². The number of carbonyl (C=O) groups is 1. The minimum Gasteiger partial charge on any atom is -0.325 e. The third-order valence-electron chi connectivity index (χ3n) is 2.95. The first-order valence-corrected chi connectivity index (χ1v) is 7.71. The third kappa shape index (κ3) is 4.13. The van der Waals surface area contributed by atoms with E-state index in [1.54, 1.807) is 36.4 Å². The Balaban J connectivity index is 1.54. The normalized spacial score (nSPS) is 10.5. The molecule has 3 rings (SSSR count). The molecule has 8 heteroatoms. The lowest BCUT2D eigenvalue weighted by molar-refractivity contribution is -0.113. The van der Waals surface area contributed by atoms with E-state index in [-0.39, 0.29) is 17.5 Å². The number of amides is 1. The van der Waals surface area contributed by atoms with Gasteiger partial charge in [-0.15, -0.1) is 16.9 Å². The van der Waals surface area contributed by atoms with Gasteiger partial charge in [0, 0.05) is 10.6 Å². The van der Waals surface area contributed by atoms with E-state index in [9.17, 15) is 9.18 Å². The highest BCUT2D eigenvalue weighted by Crippen LogP contribution is 2.19. The van der Waals surface area contributed by atoms with Crippen LogP contribution in [0.2, 0.25) is 0 Å². The second kappa shape index (κ2) is 7.01. The smallest absolute Gasteiger partial charge is 0.234 e. The van der Waals surface area contributed by atoms with Crippen molar-refractivity contribution >= 4 is 23.4 Å². The Hall–Kier alpha value is -2.74. The Morgan fingerprint density at radius 2 is 1.87 bits per heavy atom. The predicted molar refractivity (Wildman–Crippen MR) is 84.9 cm³/mol. The maximum atomic E-state index is 12.8. The molecule has 0 unspecified atom stereocenters. The molecule has 2 aromatic carbocycles. The maximum Gasteiger partial charge on any atom is 0.234 e. The molecule has 0 radical (unpaired) electrons. The summed E-state index contributed by atoms with van der Waals surface area (Å²) in [5, 5.41) is 13.7. The first-order chi connectivity index (χ1) is 11.2. The fourth-order valence-electron chi connectivity index (χ4n) is 1.85. The molecule has 6 nitrogen and oxygen atoms in total. The van der Waals surface area contributed by atoms with Crippen LogP contribution in [-0.4, -0.2) is 31.9 Å². The van der Waals surface area contributed by atoms with Gasteiger partial charge in [-0.2, -0.15) is 0 Å². The molecule has 1 amide bonds. The van der Waals surface area contributed by atoms with Crippen LogP contribution < -0.4 is 5.32 Å². The minimum atomic E-state index is -0.290. The van der Waals surface area contributed by atoms with E-state index in [2.05, 4.69) is 20.8 Å². The Bertz CT molecular complexity index is 775. The highest BCUT2D eigenvalue weighted by atomic mass is 32.2. The van der Waals surface area contributed by atoms with E-state index in [1.807, 2.05) is 0 Å². The van der Waals surface area contributed by atoms with Gasteiger partial charge in [-0.1, -0.05) is 0 Å². The van der Waals surface area contributed by atoms with Crippen LogP contribution in [0.3, 0.4) is 0 Å². The van der Waals surface area contributed by atoms with Gasteiger partial charge in [-0.25, -0.2) is 9.07 Å². The lowest BCUT2D eigenvalue weighted by Crippen LogP contribution is -2.14. The molecule has 1 heterocycles. The third-order valence-corrected chi connectivity index (χ3v) is 3.96. The van der Waals surface area contributed by atoms with Gasteiger partial charge in [0.05, 0.1) is 11.4 Å². The Morgan fingerprint density at radius 3 is 2.52 bits per heavy atom. The number of aromatic nitrogens is 4. The molecule has 0 aliphatic rings. The molecular weight excluding hydrogens is 317 g/mol. The first kappa shape index (κ1) is 15.2. The van der Waals surface area contributed by atoms with Gasteiger partial charge >= 0.3 is 0 Å². The minimum absolute atomic E-state index is 0.130. The topological polar surface area (TPSA) is 72.7 Å². The van der Waals surface area contributed by atoms with Crippen LogP contribution in [0.4, 0.5) is 10.1 Å². The van der Waals surface area contributed by atoms with Gasteiger partial charge in [0.2, 0.25) is 5.91 Å². The van der Waals surface area contributed by atoms with Crippen molar-refractivity contribution in [1.29, 1.82) is 0 Å². The van der Waals surface area contributed by atoms with E-state index < -0.39 is 0 Å². The molecule has 0 saturated heterocycles. The summed E-state index contributed by atoms with van der Waals surface area (Å²) in [5.41, 5.74) is 1.49. The van der Waals surface area contributed by atoms with Crippen molar-refractivity contribution in [2.24, 2.45) is 0 Å². The van der Waals surface area contributed by atoms with Crippen LogP contribution >= 0.6 is 11.8 Å². The summed E-state index contributed by atoms with van der Waals surface area (Å²) in [6.45, 7) is 0. The van der Waals surface area contributed by atoms with Crippen LogP contribution in [0.15, 0.2) is 59.8 Å². The summed E-state index contributed by atoms with van der Waals surface area (Å²) >= 11 is 1.35. The first-order valence-electron chi connectivity index (χ1n) is 6.72. The predicted octanol–water partition coefficient (Wildman–Crippen LogP) is 2.53. The summed E-state index contributed by atoms with van der Waals surface area (Å²) < 4.78 is 14.3. The number of rotatable bonds is 5. The monoisotopic (exact) mass is 329 g/mol. The SMILES string of the molecule is O=C(CSc1ccc(F)cc1)Nc1ccc(-n2cnnn2)cc1. The van der Waals surface area contributed by atoms with Crippen molar-refractivity contribution in [1.82, 2.24) is 20.2 Å². The lowest BCUT2D eigenvalue weighted by atomic mass is 10.3. The van der Waals surface area contributed by atoms with Gasteiger partial charge in [0.1, 0.15) is 12.1 Å². The second-order valence-corrected chi connectivity index (χ2v) is 5.64. The van der Waals surface area contributed by atoms with Crippen LogP contribution in [0.5, 0.6) is 0 Å². The number of nitrogens with one attached hydrogen (secondary N) is 1. The van der Waals surface area contributed by atoms with Crippen LogP contribution in [0.1, 0.15) is 0 Å². The van der Waals surface area contributed by atoms with E-state index >= 15 is 0 Å². The van der Waals surface area contributed by atoms with Crippen LogP contribution in [0.25, 0.3) is 5.69 Å². The number of benzene rings is 2.